The number of nitrogens with zero attached hydrogens (tertiary/aromatic N) is 3. The number of aromatic nitrogens is 2. The van der Waals surface area contributed by atoms with Crippen LogP contribution in [0.25, 0.3) is 0 Å². The van der Waals surface area contributed by atoms with Gasteiger partial charge in [0.15, 0.2) is 0 Å². The Balaban J connectivity index is 1.36. The lowest BCUT2D eigenvalue weighted by molar-refractivity contribution is -0.132. The van der Waals surface area contributed by atoms with Gasteiger partial charge in [0.2, 0.25) is 5.91 Å². The number of amides is 1. The second kappa shape index (κ2) is 10.4. The molecule has 166 valence electrons. The first-order valence-corrected chi connectivity index (χ1v) is 11.4. The van der Waals surface area contributed by atoms with Crippen LogP contribution in [0.5, 0.6) is 5.75 Å². The quantitative estimate of drug-likeness (QED) is 0.545. The van der Waals surface area contributed by atoms with Crippen LogP contribution < -0.4 is 4.74 Å². The summed E-state index contributed by atoms with van der Waals surface area (Å²) in [5, 5.41) is 0. The Morgan fingerprint density at radius 3 is 2.56 bits per heavy atom. The third kappa shape index (κ3) is 5.52. The monoisotopic (exact) mass is 429 g/mol. The smallest absolute Gasteiger partial charge is 0.222 e. The molecule has 32 heavy (non-hydrogen) atoms. The number of carbonyl (C=O) groups excluding carboxylic acids is 1. The SMILES string of the molecule is COc1cccc(CCC(=O)N2CCC(c3nc(C)ncc3Cc3ccccc3)CC2)c1. The fraction of sp³-hybridized carbons (Fsp3) is 0.370. The summed E-state index contributed by atoms with van der Waals surface area (Å²) in [4.78, 5) is 24.1. The van der Waals surface area contributed by atoms with Gasteiger partial charge in [0.1, 0.15) is 11.6 Å². The molecule has 0 aliphatic carbocycles. The van der Waals surface area contributed by atoms with E-state index in [1.807, 2.05) is 48.4 Å². The highest BCUT2D eigenvalue weighted by Gasteiger charge is 2.26. The van der Waals surface area contributed by atoms with Crippen LogP contribution in [0, 0.1) is 6.92 Å². The largest absolute Gasteiger partial charge is 0.497 e. The molecule has 4 rings (SSSR count). The molecule has 0 unspecified atom stereocenters. The fourth-order valence-corrected chi connectivity index (χ4v) is 4.46. The summed E-state index contributed by atoms with van der Waals surface area (Å²) in [6, 6.07) is 18.4. The van der Waals surface area contributed by atoms with E-state index in [4.69, 9.17) is 9.72 Å². The van der Waals surface area contributed by atoms with Gasteiger partial charge < -0.3 is 9.64 Å². The van der Waals surface area contributed by atoms with Crippen molar-refractivity contribution in [3.8, 4) is 5.75 Å². The molecule has 0 N–H and O–H groups in total. The van der Waals surface area contributed by atoms with Crippen molar-refractivity contribution in [2.45, 2.75) is 44.9 Å². The predicted octanol–water partition coefficient (Wildman–Crippen LogP) is 4.72. The molecule has 5 heteroatoms. The Labute approximate surface area is 190 Å². The van der Waals surface area contributed by atoms with Gasteiger partial charge in [-0.25, -0.2) is 9.97 Å². The molecule has 0 spiro atoms. The minimum atomic E-state index is 0.231. The molecule has 1 saturated heterocycles. The third-order valence-electron chi connectivity index (χ3n) is 6.25. The van der Waals surface area contributed by atoms with Crippen LogP contribution in [-0.4, -0.2) is 41.0 Å². The zero-order valence-corrected chi connectivity index (χ0v) is 19.0. The number of piperidine rings is 1. The van der Waals surface area contributed by atoms with Crippen molar-refractivity contribution in [1.82, 2.24) is 14.9 Å². The first-order chi connectivity index (χ1) is 15.6. The predicted molar refractivity (Wildman–Crippen MR) is 126 cm³/mol. The number of aryl methyl sites for hydroxylation is 2. The fourth-order valence-electron chi connectivity index (χ4n) is 4.46. The van der Waals surface area contributed by atoms with Crippen LogP contribution in [0.4, 0.5) is 0 Å². The van der Waals surface area contributed by atoms with Crippen LogP contribution in [0.3, 0.4) is 0 Å². The van der Waals surface area contributed by atoms with E-state index in [1.165, 1.54) is 11.1 Å². The molecule has 0 atom stereocenters. The van der Waals surface area contributed by atoms with Gasteiger partial charge >= 0.3 is 0 Å². The van der Waals surface area contributed by atoms with Crippen molar-refractivity contribution in [2.75, 3.05) is 20.2 Å². The zero-order valence-electron chi connectivity index (χ0n) is 19.0. The summed E-state index contributed by atoms with van der Waals surface area (Å²) in [5.41, 5.74) is 4.76. The van der Waals surface area contributed by atoms with Gasteiger partial charge in [-0.1, -0.05) is 42.5 Å². The standard InChI is InChI=1S/C27H31N3O2/c1-20-28-19-24(17-21-7-4-3-5-8-21)27(29-20)23-13-15-30(16-14-23)26(31)12-11-22-9-6-10-25(18-22)32-2/h3-10,18-19,23H,11-17H2,1-2H3. The number of methoxy groups -OCH3 is 1. The topological polar surface area (TPSA) is 55.3 Å². The van der Waals surface area contributed by atoms with E-state index >= 15 is 0 Å². The maximum absolute atomic E-state index is 12.8. The highest BCUT2D eigenvalue weighted by Crippen LogP contribution is 2.30. The van der Waals surface area contributed by atoms with Gasteiger partial charge in [0.05, 0.1) is 12.8 Å². The molecular formula is C27H31N3O2. The second-order valence-corrected chi connectivity index (χ2v) is 8.50. The molecule has 1 fully saturated rings. The lowest BCUT2D eigenvalue weighted by Gasteiger charge is -2.32. The highest BCUT2D eigenvalue weighted by atomic mass is 16.5. The molecule has 0 bridgehead atoms. The van der Waals surface area contributed by atoms with Crippen molar-refractivity contribution < 1.29 is 9.53 Å². The normalized spacial score (nSPS) is 14.4. The molecule has 5 nitrogen and oxygen atoms in total. The highest BCUT2D eigenvalue weighted by molar-refractivity contribution is 5.76. The van der Waals surface area contributed by atoms with E-state index < -0.39 is 0 Å². The Bertz CT molecular complexity index is 1040. The number of hydrogen-bond acceptors (Lipinski definition) is 4. The number of carbonyl (C=O) groups is 1. The van der Waals surface area contributed by atoms with Crippen molar-refractivity contribution in [3.63, 3.8) is 0 Å². The van der Waals surface area contributed by atoms with Crippen LogP contribution in [0.2, 0.25) is 0 Å². The van der Waals surface area contributed by atoms with Crippen LogP contribution in [0.15, 0.2) is 60.8 Å². The number of hydrogen-bond donors (Lipinski definition) is 0. The summed E-state index contributed by atoms with van der Waals surface area (Å²) >= 11 is 0. The molecule has 1 aliphatic heterocycles. The lowest BCUT2D eigenvalue weighted by atomic mass is 9.89. The average Bonchev–Trinajstić information content (AvgIpc) is 2.84. The molecule has 1 amide bonds. The Morgan fingerprint density at radius 1 is 1.06 bits per heavy atom. The summed E-state index contributed by atoms with van der Waals surface area (Å²) in [7, 11) is 1.67. The average molecular weight is 430 g/mol. The molecule has 2 aromatic carbocycles. The van der Waals surface area contributed by atoms with Crippen LogP contribution in [-0.2, 0) is 17.6 Å². The summed E-state index contributed by atoms with van der Waals surface area (Å²) < 4.78 is 5.28. The molecule has 0 saturated carbocycles. The van der Waals surface area contributed by atoms with E-state index in [0.717, 1.165) is 61.6 Å². The molecule has 1 aliphatic rings. The summed E-state index contributed by atoms with van der Waals surface area (Å²) in [5.74, 6) is 2.25. The molecule has 1 aromatic heterocycles. The molecule has 0 radical (unpaired) electrons. The minimum Gasteiger partial charge on any atom is -0.497 e. The van der Waals surface area contributed by atoms with Crippen molar-refractivity contribution in [1.29, 1.82) is 0 Å². The molecule has 3 aromatic rings. The van der Waals surface area contributed by atoms with Gasteiger partial charge in [0.25, 0.3) is 0 Å². The zero-order chi connectivity index (χ0) is 22.3. The van der Waals surface area contributed by atoms with E-state index in [-0.39, 0.29) is 5.91 Å². The van der Waals surface area contributed by atoms with Gasteiger partial charge in [-0.3, -0.25) is 4.79 Å². The number of rotatable bonds is 7. The van der Waals surface area contributed by atoms with Crippen molar-refractivity contribution in [3.05, 3.63) is 89.0 Å². The van der Waals surface area contributed by atoms with Crippen LogP contribution >= 0.6 is 0 Å². The Hall–Kier alpha value is -3.21. The summed E-state index contributed by atoms with van der Waals surface area (Å²) in [6.07, 6.45) is 5.99. The van der Waals surface area contributed by atoms with E-state index in [2.05, 4.69) is 29.2 Å². The lowest BCUT2D eigenvalue weighted by Crippen LogP contribution is -2.38. The van der Waals surface area contributed by atoms with Crippen molar-refractivity contribution >= 4 is 5.91 Å². The van der Waals surface area contributed by atoms with Gasteiger partial charge in [-0.15, -0.1) is 0 Å². The number of benzene rings is 2. The third-order valence-corrected chi connectivity index (χ3v) is 6.25. The Kier molecular flexibility index (Phi) is 7.15. The van der Waals surface area contributed by atoms with Gasteiger partial charge in [-0.2, -0.15) is 0 Å². The van der Waals surface area contributed by atoms with E-state index in [1.54, 1.807) is 7.11 Å². The maximum Gasteiger partial charge on any atom is 0.222 e. The second-order valence-electron chi connectivity index (χ2n) is 8.50. The van der Waals surface area contributed by atoms with Crippen molar-refractivity contribution in [2.24, 2.45) is 0 Å². The van der Waals surface area contributed by atoms with E-state index in [9.17, 15) is 4.79 Å². The number of likely N-dealkylation sites (tertiary alicyclic amines) is 1. The van der Waals surface area contributed by atoms with Gasteiger partial charge in [-0.05, 0) is 55.0 Å². The first-order valence-electron chi connectivity index (χ1n) is 11.4. The molecule has 2 heterocycles. The van der Waals surface area contributed by atoms with Crippen LogP contribution in [0.1, 0.15) is 53.4 Å². The molecular weight excluding hydrogens is 398 g/mol. The Morgan fingerprint density at radius 2 is 1.81 bits per heavy atom. The minimum absolute atomic E-state index is 0.231. The maximum atomic E-state index is 12.8. The van der Waals surface area contributed by atoms with E-state index in [0.29, 0.717) is 12.3 Å². The first kappa shape index (κ1) is 22.0. The number of ether oxygens (including phenoxy) is 1. The summed E-state index contributed by atoms with van der Waals surface area (Å²) in [6.45, 7) is 3.53. The van der Waals surface area contributed by atoms with Gasteiger partial charge in [0, 0.05) is 38.0 Å².